The van der Waals surface area contributed by atoms with Gasteiger partial charge in [-0.3, -0.25) is 4.79 Å². The number of nitrogens with zero attached hydrogens (tertiary/aromatic N) is 1. The zero-order valence-electron chi connectivity index (χ0n) is 11.5. The largest absolute Gasteiger partial charge is 0.341 e. The number of thioether (sulfide) groups is 1. The Morgan fingerprint density at radius 2 is 2.28 bits per heavy atom. The molecule has 0 radical (unpaired) electrons. The van der Waals surface area contributed by atoms with E-state index in [9.17, 15) is 4.79 Å². The molecule has 2 heterocycles. The van der Waals surface area contributed by atoms with Crippen molar-refractivity contribution in [1.29, 1.82) is 0 Å². The van der Waals surface area contributed by atoms with Crippen LogP contribution in [0.1, 0.15) is 39.0 Å². The zero-order valence-corrected chi connectivity index (χ0v) is 12.3. The van der Waals surface area contributed by atoms with E-state index in [0.29, 0.717) is 17.9 Å². The van der Waals surface area contributed by atoms with Gasteiger partial charge in [-0.1, -0.05) is 13.3 Å². The second kappa shape index (κ2) is 7.39. The van der Waals surface area contributed by atoms with Crippen molar-refractivity contribution in [1.82, 2.24) is 10.2 Å². The van der Waals surface area contributed by atoms with Crippen LogP contribution in [0.3, 0.4) is 0 Å². The molecule has 104 valence electrons. The third kappa shape index (κ3) is 3.89. The van der Waals surface area contributed by atoms with Gasteiger partial charge in [-0.15, -0.1) is 0 Å². The fourth-order valence-corrected chi connectivity index (χ4v) is 4.11. The highest BCUT2D eigenvalue weighted by Gasteiger charge is 2.28. The molecule has 0 spiro atoms. The first-order chi connectivity index (χ1) is 8.81. The Balaban J connectivity index is 1.87. The van der Waals surface area contributed by atoms with Gasteiger partial charge in [0.1, 0.15) is 0 Å². The molecule has 0 saturated carbocycles. The van der Waals surface area contributed by atoms with Gasteiger partial charge in [0, 0.05) is 30.8 Å². The van der Waals surface area contributed by atoms with Crippen molar-refractivity contribution in [3.05, 3.63) is 0 Å². The molecule has 0 bridgehead atoms. The summed E-state index contributed by atoms with van der Waals surface area (Å²) in [5.41, 5.74) is 0. The molecule has 2 aliphatic heterocycles. The summed E-state index contributed by atoms with van der Waals surface area (Å²) in [6.45, 7) is 5.14. The number of hydrogen-bond acceptors (Lipinski definition) is 3. The number of amides is 1. The topological polar surface area (TPSA) is 32.3 Å². The van der Waals surface area contributed by atoms with Gasteiger partial charge < -0.3 is 10.2 Å². The van der Waals surface area contributed by atoms with Crippen molar-refractivity contribution >= 4 is 17.7 Å². The van der Waals surface area contributed by atoms with E-state index in [2.05, 4.69) is 17.1 Å². The molecule has 18 heavy (non-hydrogen) atoms. The van der Waals surface area contributed by atoms with Crippen molar-refractivity contribution in [2.45, 2.75) is 45.1 Å². The normalized spacial score (nSPS) is 28.3. The summed E-state index contributed by atoms with van der Waals surface area (Å²) in [7, 11) is 0. The minimum absolute atomic E-state index is 0.296. The van der Waals surface area contributed by atoms with Crippen LogP contribution in [0.15, 0.2) is 0 Å². The molecule has 3 nitrogen and oxygen atoms in total. The predicted molar refractivity (Wildman–Crippen MR) is 77.9 cm³/mol. The van der Waals surface area contributed by atoms with Crippen LogP contribution in [-0.4, -0.2) is 48.0 Å². The van der Waals surface area contributed by atoms with Gasteiger partial charge in [0.25, 0.3) is 0 Å². The Hall–Kier alpha value is -0.220. The average molecular weight is 270 g/mol. The molecule has 1 N–H and O–H groups in total. The highest BCUT2D eigenvalue weighted by molar-refractivity contribution is 7.99. The highest BCUT2D eigenvalue weighted by Crippen LogP contribution is 2.25. The molecular formula is C14H26N2OS. The summed E-state index contributed by atoms with van der Waals surface area (Å²) in [5, 5.41) is 3.55. The molecule has 2 fully saturated rings. The quantitative estimate of drug-likeness (QED) is 0.830. The van der Waals surface area contributed by atoms with E-state index in [-0.39, 0.29) is 0 Å². The third-order valence-corrected chi connectivity index (χ3v) is 5.10. The maximum absolute atomic E-state index is 12.5. The number of piperidine rings is 1. The summed E-state index contributed by atoms with van der Waals surface area (Å²) < 4.78 is 0. The van der Waals surface area contributed by atoms with Crippen LogP contribution in [0.4, 0.5) is 0 Å². The summed E-state index contributed by atoms with van der Waals surface area (Å²) in [6.07, 6.45) is 5.98. The molecule has 2 rings (SSSR count). The molecule has 4 heteroatoms. The Morgan fingerprint density at radius 1 is 1.39 bits per heavy atom. The van der Waals surface area contributed by atoms with Crippen LogP contribution in [0.25, 0.3) is 0 Å². The van der Waals surface area contributed by atoms with Crippen LogP contribution in [0.5, 0.6) is 0 Å². The second-order valence-corrected chi connectivity index (χ2v) is 6.64. The molecule has 0 aromatic heterocycles. The Bertz CT molecular complexity index is 261. The van der Waals surface area contributed by atoms with Crippen LogP contribution in [0, 0.1) is 5.92 Å². The standard InChI is InChI=1S/C14H26N2OS/c1-2-8-16(10-13-5-3-4-7-15-13)14(17)12-6-9-18-11-12/h12-13,15H,2-11H2,1H3. The number of nitrogens with one attached hydrogen (secondary N) is 1. The van der Waals surface area contributed by atoms with Crippen LogP contribution >= 0.6 is 11.8 Å². The average Bonchev–Trinajstić information content (AvgIpc) is 2.92. The van der Waals surface area contributed by atoms with E-state index in [0.717, 1.165) is 44.0 Å². The molecule has 2 atom stereocenters. The summed E-state index contributed by atoms with van der Waals surface area (Å²) in [5.74, 6) is 2.91. The Kier molecular flexibility index (Phi) is 5.83. The zero-order chi connectivity index (χ0) is 12.8. The van der Waals surface area contributed by atoms with E-state index in [1.165, 1.54) is 19.3 Å². The van der Waals surface area contributed by atoms with Gasteiger partial charge in [0.05, 0.1) is 0 Å². The fraction of sp³-hybridized carbons (Fsp3) is 0.929. The lowest BCUT2D eigenvalue weighted by molar-refractivity contribution is -0.135. The van der Waals surface area contributed by atoms with Gasteiger partial charge in [-0.25, -0.2) is 0 Å². The first-order valence-electron chi connectivity index (χ1n) is 7.41. The first-order valence-corrected chi connectivity index (χ1v) is 8.56. The van der Waals surface area contributed by atoms with Crippen LogP contribution in [-0.2, 0) is 4.79 Å². The summed E-state index contributed by atoms with van der Waals surface area (Å²) in [4.78, 5) is 14.6. The molecular weight excluding hydrogens is 244 g/mol. The van der Waals surface area contributed by atoms with Gasteiger partial charge in [-0.05, 0) is 38.0 Å². The molecule has 1 amide bonds. The third-order valence-electron chi connectivity index (χ3n) is 3.94. The van der Waals surface area contributed by atoms with Crippen molar-refractivity contribution in [3.63, 3.8) is 0 Å². The molecule has 0 aliphatic carbocycles. The maximum atomic E-state index is 12.5. The number of carbonyl (C=O) groups is 1. The summed E-state index contributed by atoms with van der Waals surface area (Å²) >= 11 is 1.93. The Morgan fingerprint density at radius 3 is 2.89 bits per heavy atom. The predicted octanol–water partition coefficient (Wildman–Crippen LogP) is 2.12. The van der Waals surface area contributed by atoms with E-state index in [1.54, 1.807) is 0 Å². The van der Waals surface area contributed by atoms with Gasteiger partial charge >= 0.3 is 0 Å². The maximum Gasteiger partial charge on any atom is 0.226 e. The van der Waals surface area contributed by atoms with E-state index >= 15 is 0 Å². The van der Waals surface area contributed by atoms with Crippen LogP contribution in [0.2, 0.25) is 0 Å². The smallest absolute Gasteiger partial charge is 0.226 e. The molecule has 0 aromatic carbocycles. The second-order valence-electron chi connectivity index (χ2n) is 5.49. The fourth-order valence-electron chi connectivity index (χ4n) is 2.89. The van der Waals surface area contributed by atoms with E-state index < -0.39 is 0 Å². The minimum Gasteiger partial charge on any atom is -0.341 e. The lowest BCUT2D eigenvalue weighted by atomic mass is 10.0. The van der Waals surface area contributed by atoms with Crippen molar-refractivity contribution < 1.29 is 4.79 Å². The molecule has 0 aromatic rings. The lowest BCUT2D eigenvalue weighted by Gasteiger charge is -2.32. The van der Waals surface area contributed by atoms with E-state index in [4.69, 9.17) is 0 Å². The van der Waals surface area contributed by atoms with Crippen molar-refractivity contribution in [3.8, 4) is 0 Å². The number of rotatable bonds is 5. The minimum atomic E-state index is 0.296. The highest BCUT2D eigenvalue weighted by atomic mass is 32.2. The Labute approximate surface area is 115 Å². The monoisotopic (exact) mass is 270 g/mol. The van der Waals surface area contributed by atoms with Crippen molar-refractivity contribution in [2.75, 3.05) is 31.1 Å². The lowest BCUT2D eigenvalue weighted by Crippen LogP contribution is -2.47. The van der Waals surface area contributed by atoms with Gasteiger partial charge in [-0.2, -0.15) is 11.8 Å². The van der Waals surface area contributed by atoms with Crippen LogP contribution < -0.4 is 5.32 Å². The number of hydrogen-bond donors (Lipinski definition) is 1. The number of carbonyl (C=O) groups excluding carboxylic acids is 1. The van der Waals surface area contributed by atoms with Crippen molar-refractivity contribution in [2.24, 2.45) is 5.92 Å². The molecule has 2 aliphatic rings. The molecule has 2 unspecified atom stereocenters. The van der Waals surface area contributed by atoms with Gasteiger partial charge in [0.2, 0.25) is 5.91 Å². The SMILES string of the molecule is CCCN(CC1CCCCN1)C(=O)C1CCSC1. The first kappa shape index (κ1) is 14.2. The summed E-state index contributed by atoms with van der Waals surface area (Å²) in [6, 6.07) is 0.531. The molecule has 2 saturated heterocycles. The van der Waals surface area contributed by atoms with E-state index in [1.807, 2.05) is 11.8 Å². The van der Waals surface area contributed by atoms with Gasteiger partial charge in [0.15, 0.2) is 0 Å².